The molecular formula is C14H9ClN2O3S. The van der Waals surface area contributed by atoms with Gasteiger partial charge in [-0.25, -0.2) is 0 Å². The number of carbonyl (C=O) groups excluding carboxylic acids is 1. The first-order valence-corrected chi connectivity index (χ1v) is 7.80. The molecule has 0 atom stereocenters. The minimum atomic E-state index is -3.83. The Labute approximate surface area is 125 Å². The summed E-state index contributed by atoms with van der Waals surface area (Å²) in [4.78, 5) is 10.9. The smallest absolute Gasteiger partial charge is 0.283 e. The zero-order valence-corrected chi connectivity index (χ0v) is 12.2. The molecule has 0 aliphatic heterocycles. The van der Waals surface area contributed by atoms with Crippen molar-refractivity contribution in [2.75, 3.05) is 0 Å². The summed E-state index contributed by atoms with van der Waals surface area (Å²) in [5.41, 5.74) is 0.732. The molecule has 0 saturated carbocycles. The molecule has 0 radical (unpaired) electrons. The Bertz CT molecular complexity index is 934. The van der Waals surface area contributed by atoms with Crippen molar-refractivity contribution in [1.29, 1.82) is 0 Å². The maximum Gasteiger partial charge on any atom is 0.283 e. The molecule has 21 heavy (non-hydrogen) atoms. The van der Waals surface area contributed by atoms with Crippen molar-refractivity contribution in [1.82, 2.24) is 9.19 Å². The summed E-state index contributed by atoms with van der Waals surface area (Å²) in [6.45, 7) is 0. The van der Waals surface area contributed by atoms with Crippen LogP contribution in [0.5, 0.6) is 0 Å². The lowest BCUT2D eigenvalue weighted by Gasteiger charge is -2.05. The van der Waals surface area contributed by atoms with Crippen molar-refractivity contribution >= 4 is 38.8 Å². The molecule has 1 aromatic heterocycles. The van der Waals surface area contributed by atoms with E-state index < -0.39 is 10.0 Å². The Morgan fingerprint density at radius 2 is 1.81 bits per heavy atom. The second-order valence-corrected chi connectivity index (χ2v) is 6.47. The van der Waals surface area contributed by atoms with Crippen LogP contribution in [0.3, 0.4) is 0 Å². The highest BCUT2D eigenvalue weighted by Crippen LogP contribution is 2.27. The molecule has 3 aromatic rings. The Morgan fingerprint density at radius 1 is 1.10 bits per heavy atom. The number of rotatable bonds is 3. The first kappa shape index (κ1) is 13.8. The van der Waals surface area contributed by atoms with Gasteiger partial charge in [-0.3, -0.25) is 4.79 Å². The standard InChI is InChI=1S/C14H9ClN2O3S/c15-14-12-8-10(9-18)6-7-13(12)17(16-14)21(19,20)11-4-2-1-3-5-11/h1-9H. The number of nitrogens with zero attached hydrogens (tertiary/aromatic N) is 2. The fourth-order valence-corrected chi connectivity index (χ4v) is 3.60. The van der Waals surface area contributed by atoms with Crippen LogP contribution in [-0.2, 0) is 10.0 Å². The van der Waals surface area contributed by atoms with Crippen LogP contribution >= 0.6 is 11.6 Å². The highest BCUT2D eigenvalue weighted by molar-refractivity contribution is 7.90. The molecule has 3 rings (SSSR count). The largest absolute Gasteiger partial charge is 0.298 e. The van der Waals surface area contributed by atoms with Gasteiger partial charge in [0.1, 0.15) is 6.29 Å². The van der Waals surface area contributed by atoms with Gasteiger partial charge in [0.15, 0.2) is 5.15 Å². The second kappa shape index (κ2) is 4.98. The van der Waals surface area contributed by atoms with E-state index in [1.165, 1.54) is 30.3 Å². The minimum Gasteiger partial charge on any atom is -0.298 e. The third-order valence-electron chi connectivity index (χ3n) is 3.03. The van der Waals surface area contributed by atoms with Gasteiger partial charge in [0.2, 0.25) is 0 Å². The van der Waals surface area contributed by atoms with Crippen LogP contribution < -0.4 is 0 Å². The molecule has 2 aromatic carbocycles. The average molecular weight is 321 g/mol. The van der Waals surface area contributed by atoms with Crippen molar-refractivity contribution in [3.05, 3.63) is 59.2 Å². The van der Waals surface area contributed by atoms with E-state index in [0.717, 1.165) is 4.09 Å². The molecule has 7 heteroatoms. The molecule has 5 nitrogen and oxygen atoms in total. The van der Waals surface area contributed by atoms with Crippen LogP contribution in [0.4, 0.5) is 0 Å². The summed E-state index contributed by atoms with van der Waals surface area (Å²) in [5.74, 6) is 0. The molecular weight excluding hydrogens is 312 g/mol. The third-order valence-corrected chi connectivity index (χ3v) is 4.91. The van der Waals surface area contributed by atoms with Crippen LogP contribution in [0.25, 0.3) is 10.9 Å². The fraction of sp³-hybridized carbons (Fsp3) is 0. The van der Waals surface area contributed by atoms with Gasteiger partial charge in [-0.2, -0.15) is 12.5 Å². The van der Waals surface area contributed by atoms with E-state index in [-0.39, 0.29) is 10.0 Å². The van der Waals surface area contributed by atoms with E-state index in [1.807, 2.05) is 0 Å². The van der Waals surface area contributed by atoms with E-state index >= 15 is 0 Å². The third kappa shape index (κ3) is 2.22. The molecule has 0 spiro atoms. The molecule has 0 saturated heterocycles. The van der Waals surface area contributed by atoms with Crippen molar-refractivity contribution in [2.45, 2.75) is 4.90 Å². The van der Waals surface area contributed by atoms with Crippen LogP contribution in [0.2, 0.25) is 5.15 Å². The number of hydrogen-bond donors (Lipinski definition) is 0. The SMILES string of the molecule is O=Cc1ccc2c(c1)c(Cl)nn2S(=O)(=O)c1ccccc1. The Balaban J connectivity index is 2.29. The quantitative estimate of drug-likeness (QED) is 0.696. The van der Waals surface area contributed by atoms with E-state index in [9.17, 15) is 13.2 Å². The van der Waals surface area contributed by atoms with E-state index in [1.54, 1.807) is 18.2 Å². The lowest BCUT2D eigenvalue weighted by molar-refractivity contribution is 0.112. The molecule has 0 aliphatic rings. The normalized spacial score (nSPS) is 11.7. The molecule has 0 unspecified atom stereocenters. The summed E-state index contributed by atoms with van der Waals surface area (Å²) in [5, 5.41) is 4.34. The Kier molecular flexibility index (Phi) is 3.27. The molecule has 1 heterocycles. The number of aldehydes is 1. The van der Waals surface area contributed by atoms with Gasteiger partial charge in [0.05, 0.1) is 10.4 Å². The van der Waals surface area contributed by atoms with Gasteiger partial charge >= 0.3 is 0 Å². The number of carbonyl (C=O) groups is 1. The monoisotopic (exact) mass is 320 g/mol. The predicted octanol–water partition coefficient (Wildman–Crippen LogP) is 2.74. The van der Waals surface area contributed by atoms with Crippen molar-refractivity contribution in [2.24, 2.45) is 0 Å². The summed E-state index contributed by atoms with van der Waals surface area (Å²) >= 11 is 5.99. The number of hydrogen-bond acceptors (Lipinski definition) is 4. The Hall–Kier alpha value is -2.18. The van der Waals surface area contributed by atoms with Crippen LogP contribution in [0.1, 0.15) is 10.4 Å². The predicted molar refractivity (Wildman–Crippen MR) is 79.2 cm³/mol. The maximum absolute atomic E-state index is 12.6. The van der Waals surface area contributed by atoms with Crippen LogP contribution in [0.15, 0.2) is 53.4 Å². The van der Waals surface area contributed by atoms with Crippen LogP contribution in [0, 0.1) is 0 Å². The molecule has 0 fully saturated rings. The van der Waals surface area contributed by atoms with Gasteiger partial charge in [0.25, 0.3) is 10.0 Å². The highest BCUT2D eigenvalue weighted by atomic mass is 35.5. The molecule has 106 valence electrons. The van der Waals surface area contributed by atoms with Gasteiger partial charge in [-0.15, -0.1) is 5.10 Å². The summed E-state index contributed by atoms with van der Waals surface area (Å²) in [7, 11) is -3.83. The zero-order valence-electron chi connectivity index (χ0n) is 10.6. The molecule has 0 bridgehead atoms. The number of fused-ring (bicyclic) bond motifs is 1. The number of halogens is 1. The van der Waals surface area contributed by atoms with E-state index in [2.05, 4.69) is 5.10 Å². The minimum absolute atomic E-state index is 0.0354. The van der Waals surface area contributed by atoms with Gasteiger partial charge < -0.3 is 0 Å². The topological polar surface area (TPSA) is 69.0 Å². The summed E-state index contributed by atoms with van der Waals surface area (Å²) in [6, 6.07) is 12.5. The first-order valence-electron chi connectivity index (χ1n) is 5.98. The number of aromatic nitrogens is 2. The second-order valence-electron chi connectivity index (χ2n) is 4.35. The first-order chi connectivity index (χ1) is 10.0. The van der Waals surface area contributed by atoms with Gasteiger partial charge in [0, 0.05) is 10.9 Å². The van der Waals surface area contributed by atoms with E-state index in [4.69, 9.17) is 11.6 Å². The zero-order chi connectivity index (χ0) is 15.0. The van der Waals surface area contributed by atoms with Gasteiger partial charge in [-0.05, 0) is 30.3 Å². The number of benzene rings is 2. The highest BCUT2D eigenvalue weighted by Gasteiger charge is 2.22. The lowest BCUT2D eigenvalue weighted by Crippen LogP contribution is -2.14. The maximum atomic E-state index is 12.6. The van der Waals surface area contributed by atoms with E-state index in [0.29, 0.717) is 22.8 Å². The molecule has 0 amide bonds. The molecule has 0 aliphatic carbocycles. The van der Waals surface area contributed by atoms with Crippen molar-refractivity contribution in [3.8, 4) is 0 Å². The Morgan fingerprint density at radius 3 is 2.48 bits per heavy atom. The van der Waals surface area contributed by atoms with Crippen LogP contribution in [-0.4, -0.2) is 23.9 Å². The lowest BCUT2D eigenvalue weighted by atomic mass is 10.2. The molecule has 0 N–H and O–H groups in total. The average Bonchev–Trinajstić information content (AvgIpc) is 2.85. The van der Waals surface area contributed by atoms with Crippen molar-refractivity contribution < 1.29 is 13.2 Å². The summed E-state index contributed by atoms with van der Waals surface area (Å²) in [6.07, 6.45) is 0.665. The van der Waals surface area contributed by atoms with Crippen molar-refractivity contribution in [3.63, 3.8) is 0 Å². The fourth-order valence-electron chi connectivity index (χ4n) is 2.02. The van der Waals surface area contributed by atoms with Gasteiger partial charge in [-0.1, -0.05) is 29.8 Å². The summed E-state index contributed by atoms with van der Waals surface area (Å²) < 4.78 is 26.1.